The Hall–Kier alpha value is -4.13. The van der Waals surface area contributed by atoms with Gasteiger partial charge in [-0.3, -0.25) is 0 Å². The highest BCUT2D eigenvalue weighted by Gasteiger charge is 2.37. The van der Waals surface area contributed by atoms with Crippen molar-refractivity contribution in [3.05, 3.63) is 88.8 Å². The zero-order valence-corrected chi connectivity index (χ0v) is 18.3. The maximum atomic E-state index is 9.94. The van der Waals surface area contributed by atoms with Crippen LogP contribution in [-0.2, 0) is 0 Å². The highest BCUT2D eigenvalue weighted by molar-refractivity contribution is 6.11. The van der Waals surface area contributed by atoms with Crippen LogP contribution in [0.15, 0.2) is 71.3 Å². The second kappa shape index (κ2) is 8.55. The van der Waals surface area contributed by atoms with Gasteiger partial charge in [0.05, 0.1) is 23.0 Å². The maximum absolute atomic E-state index is 9.94. The van der Waals surface area contributed by atoms with Crippen molar-refractivity contribution in [3.8, 4) is 17.8 Å². The van der Waals surface area contributed by atoms with Gasteiger partial charge in [-0.15, -0.1) is 0 Å². The van der Waals surface area contributed by atoms with Crippen LogP contribution in [0, 0.1) is 49.4 Å². The number of rotatable bonds is 4. The number of anilines is 1. The second-order valence-corrected chi connectivity index (χ2v) is 7.93. The molecule has 1 aliphatic heterocycles. The lowest BCUT2D eigenvalue weighted by Gasteiger charge is -2.21. The van der Waals surface area contributed by atoms with Crippen molar-refractivity contribution >= 4 is 17.5 Å². The second-order valence-electron chi connectivity index (χ2n) is 7.93. The van der Waals surface area contributed by atoms with Crippen molar-refractivity contribution in [3.63, 3.8) is 0 Å². The van der Waals surface area contributed by atoms with Gasteiger partial charge in [0.1, 0.15) is 18.2 Å². The molecule has 0 aliphatic carbocycles. The molecule has 0 saturated heterocycles. The van der Waals surface area contributed by atoms with Crippen molar-refractivity contribution in [1.29, 1.82) is 10.5 Å². The molecule has 2 heterocycles. The van der Waals surface area contributed by atoms with E-state index in [2.05, 4.69) is 53.0 Å². The molecule has 0 fully saturated rings. The number of aryl methyl sites for hydroxylation is 2. The van der Waals surface area contributed by atoms with Crippen LogP contribution in [0.25, 0.3) is 11.8 Å². The van der Waals surface area contributed by atoms with Gasteiger partial charge in [0.15, 0.2) is 0 Å². The first kappa shape index (κ1) is 21.1. The molecule has 3 aromatic rings. The van der Waals surface area contributed by atoms with Gasteiger partial charge in [-0.25, -0.2) is 5.01 Å². The van der Waals surface area contributed by atoms with Crippen LogP contribution < -0.4 is 10.7 Å². The molecule has 0 amide bonds. The van der Waals surface area contributed by atoms with E-state index >= 15 is 0 Å². The minimum atomic E-state index is -0.707. The molecule has 1 aromatic heterocycles. The Kier molecular flexibility index (Phi) is 5.64. The van der Waals surface area contributed by atoms with E-state index in [1.165, 1.54) is 5.56 Å². The number of para-hydroxylation sites is 1. The van der Waals surface area contributed by atoms with Crippen LogP contribution in [-0.4, -0.2) is 16.4 Å². The van der Waals surface area contributed by atoms with Gasteiger partial charge in [-0.1, -0.05) is 35.9 Å². The Labute approximate surface area is 188 Å². The van der Waals surface area contributed by atoms with Gasteiger partial charge in [-0.05, 0) is 62.7 Å². The number of hydrogen-bond donors (Lipinski definition) is 1. The summed E-state index contributed by atoms with van der Waals surface area (Å²) in [5.74, 6) is -0.707. The molecular weight excluding hydrogens is 396 g/mol. The van der Waals surface area contributed by atoms with Gasteiger partial charge < -0.3 is 10.3 Å². The SMILES string of the molecule is Cc1ccc(-n2c(C)cc(/C=C(/C#N)C3=NN(c4ccccc4)[C@H](N)[C@H]3C#N)c2C)cc1. The number of benzene rings is 2. The molecule has 2 aromatic carbocycles. The molecule has 6 nitrogen and oxygen atoms in total. The van der Waals surface area contributed by atoms with E-state index in [1.54, 1.807) is 11.1 Å². The van der Waals surface area contributed by atoms with Crippen LogP contribution in [0.1, 0.15) is 22.5 Å². The highest BCUT2D eigenvalue weighted by atomic mass is 15.5. The Morgan fingerprint density at radius 3 is 2.31 bits per heavy atom. The smallest absolute Gasteiger partial charge is 0.127 e. The van der Waals surface area contributed by atoms with Gasteiger partial charge in [0.25, 0.3) is 0 Å². The number of nitrogens with zero attached hydrogens (tertiary/aromatic N) is 5. The van der Waals surface area contributed by atoms with Crippen molar-refractivity contribution in [2.24, 2.45) is 16.8 Å². The predicted molar refractivity (Wildman–Crippen MR) is 127 cm³/mol. The van der Waals surface area contributed by atoms with Crippen molar-refractivity contribution in [2.45, 2.75) is 26.9 Å². The van der Waals surface area contributed by atoms with E-state index in [0.717, 1.165) is 28.3 Å². The molecule has 4 rings (SSSR count). The standard InChI is InChI=1S/C26H24N6/c1-17-9-11-22(12-10-17)31-18(2)13-20(19(31)3)14-21(15-27)25-24(16-28)26(29)32(30-25)23-7-5-4-6-8-23/h4-14,24,26H,29H2,1-3H3/b21-14-/t24-,26-/m0/s1. The summed E-state index contributed by atoms with van der Waals surface area (Å²) < 4.78 is 2.15. The maximum Gasteiger partial charge on any atom is 0.127 e. The molecule has 6 heteroatoms. The quantitative estimate of drug-likeness (QED) is 0.624. The minimum absolute atomic E-state index is 0.342. The molecule has 0 radical (unpaired) electrons. The molecular formula is C26H24N6. The Balaban J connectivity index is 1.76. The normalized spacial score (nSPS) is 18.2. The summed E-state index contributed by atoms with van der Waals surface area (Å²) in [6, 6.07) is 24.3. The van der Waals surface area contributed by atoms with Crippen LogP contribution in [0.2, 0.25) is 0 Å². The molecule has 0 saturated carbocycles. The molecule has 0 spiro atoms. The van der Waals surface area contributed by atoms with Gasteiger partial charge in [-0.2, -0.15) is 15.6 Å². The molecule has 158 valence electrons. The topological polar surface area (TPSA) is 94.1 Å². The first-order valence-corrected chi connectivity index (χ1v) is 10.4. The summed E-state index contributed by atoms with van der Waals surface area (Å²) in [6.45, 7) is 6.12. The van der Waals surface area contributed by atoms with E-state index in [0.29, 0.717) is 11.3 Å². The molecule has 0 bridgehead atoms. The Bertz CT molecular complexity index is 1280. The van der Waals surface area contributed by atoms with Gasteiger partial charge >= 0.3 is 0 Å². The molecule has 0 unspecified atom stereocenters. The number of hydrazone groups is 1. The first-order valence-electron chi connectivity index (χ1n) is 10.4. The minimum Gasteiger partial charge on any atom is -0.318 e. The van der Waals surface area contributed by atoms with Gasteiger partial charge in [0.2, 0.25) is 0 Å². The fourth-order valence-corrected chi connectivity index (χ4v) is 4.06. The lowest BCUT2D eigenvalue weighted by Crippen LogP contribution is -2.40. The average molecular weight is 421 g/mol. The average Bonchev–Trinajstić information content (AvgIpc) is 3.28. The van der Waals surface area contributed by atoms with Gasteiger partial charge in [0, 0.05) is 17.1 Å². The fraction of sp³-hybridized carbons (Fsp3) is 0.192. The summed E-state index contributed by atoms with van der Waals surface area (Å²) in [5.41, 5.74) is 13.1. The molecule has 1 aliphatic rings. The third-order valence-corrected chi connectivity index (χ3v) is 5.75. The Morgan fingerprint density at radius 1 is 1.00 bits per heavy atom. The third kappa shape index (κ3) is 3.69. The third-order valence-electron chi connectivity index (χ3n) is 5.75. The monoisotopic (exact) mass is 420 g/mol. The Morgan fingerprint density at radius 2 is 1.69 bits per heavy atom. The van der Waals surface area contributed by atoms with Crippen LogP contribution >= 0.6 is 0 Å². The summed E-state index contributed by atoms with van der Waals surface area (Å²) in [6.07, 6.45) is 1.14. The van der Waals surface area contributed by atoms with Crippen molar-refractivity contribution in [1.82, 2.24) is 4.57 Å². The number of aromatic nitrogens is 1. The van der Waals surface area contributed by atoms with E-state index in [1.807, 2.05) is 50.2 Å². The lowest BCUT2D eigenvalue weighted by atomic mass is 9.95. The van der Waals surface area contributed by atoms with Crippen molar-refractivity contribution < 1.29 is 0 Å². The summed E-state index contributed by atoms with van der Waals surface area (Å²) >= 11 is 0. The zero-order valence-electron chi connectivity index (χ0n) is 18.3. The summed E-state index contributed by atoms with van der Waals surface area (Å²) in [5, 5.41) is 25.9. The number of nitriles is 2. The summed E-state index contributed by atoms with van der Waals surface area (Å²) in [4.78, 5) is 0. The van der Waals surface area contributed by atoms with E-state index < -0.39 is 12.1 Å². The zero-order chi connectivity index (χ0) is 22.8. The van der Waals surface area contributed by atoms with Crippen LogP contribution in [0.4, 0.5) is 5.69 Å². The summed E-state index contributed by atoms with van der Waals surface area (Å²) in [7, 11) is 0. The van der Waals surface area contributed by atoms with Crippen LogP contribution in [0.5, 0.6) is 0 Å². The predicted octanol–water partition coefficient (Wildman–Crippen LogP) is 4.61. The molecule has 2 N–H and O–H groups in total. The largest absolute Gasteiger partial charge is 0.318 e. The van der Waals surface area contributed by atoms with E-state index in [4.69, 9.17) is 5.73 Å². The van der Waals surface area contributed by atoms with E-state index in [-0.39, 0.29) is 0 Å². The molecule has 2 atom stereocenters. The number of nitrogens with two attached hydrogens (primary N) is 1. The lowest BCUT2D eigenvalue weighted by molar-refractivity contribution is 0.624. The molecule has 32 heavy (non-hydrogen) atoms. The first-order chi connectivity index (χ1) is 15.4. The van der Waals surface area contributed by atoms with E-state index in [9.17, 15) is 10.5 Å². The fourth-order valence-electron chi connectivity index (χ4n) is 4.06. The number of hydrogen-bond acceptors (Lipinski definition) is 5. The van der Waals surface area contributed by atoms with Crippen LogP contribution in [0.3, 0.4) is 0 Å². The highest BCUT2D eigenvalue weighted by Crippen LogP contribution is 2.30. The van der Waals surface area contributed by atoms with Crippen molar-refractivity contribution in [2.75, 3.05) is 5.01 Å². The number of allylic oxidation sites excluding steroid dienone is 1.